The molecule has 0 saturated carbocycles. The van der Waals surface area contributed by atoms with Gasteiger partial charge in [-0.1, -0.05) is 0 Å². The van der Waals surface area contributed by atoms with Crippen molar-refractivity contribution >= 4 is 10.0 Å². The van der Waals surface area contributed by atoms with E-state index in [0.717, 1.165) is 6.07 Å². The highest BCUT2D eigenvalue weighted by molar-refractivity contribution is 7.89. The maximum atomic E-state index is 13.1. The molecule has 1 unspecified atom stereocenters. The number of nitrogens with one attached hydrogen (secondary N) is 1. The van der Waals surface area contributed by atoms with Gasteiger partial charge >= 0.3 is 0 Å². The number of ether oxygens (including phenoxy) is 2. The largest absolute Gasteiger partial charge is 0.497 e. The van der Waals surface area contributed by atoms with Gasteiger partial charge in [-0.05, 0) is 61.9 Å². The zero-order chi connectivity index (χ0) is 17.7. The van der Waals surface area contributed by atoms with Gasteiger partial charge < -0.3 is 9.47 Å². The quantitative estimate of drug-likeness (QED) is 0.831. The second kappa shape index (κ2) is 7.63. The molecule has 130 valence electrons. The lowest BCUT2D eigenvalue weighted by Crippen LogP contribution is -2.37. The fourth-order valence-electron chi connectivity index (χ4n) is 2.17. The van der Waals surface area contributed by atoms with Gasteiger partial charge in [0.2, 0.25) is 10.0 Å². The molecule has 2 aromatic carbocycles. The molecule has 7 heteroatoms. The first-order valence-electron chi connectivity index (χ1n) is 7.37. The summed E-state index contributed by atoms with van der Waals surface area (Å²) in [5.41, 5.74) is 0.353. The predicted octanol–water partition coefficient (Wildman–Crippen LogP) is 2.89. The van der Waals surface area contributed by atoms with E-state index in [0.29, 0.717) is 17.1 Å². The standard InChI is InChI=1S/C17H20FNO4S/c1-12-10-14(18)4-9-17(12)24(20,21)19-13(2)11-23-16-7-5-15(22-3)6-8-16/h4-10,13,19H,11H2,1-3H3. The highest BCUT2D eigenvalue weighted by Gasteiger charge is 2.20. The number of halogens is 1. The summed E-state index contributed by atoms with van der Waals surface area (Å²) < 4.78 is 51.0. The number of hydrogen-bond acceptors (Lipinski definition) is 4. The number of sulfonamides is 1. The molecule has 5 nitrogen and oxygen atoms in total. The Kier molecular flexibility index (Phi) is 5.80. The summed E-state index contributed by atoms with van der Waals surface area (Å²) in [4.78, 5) is 0.0557. The van der Waals surface area contributed by atoms with Crippen LogP contribution in [0, 0.1) is 12.7 Å². The van der Waals surface area contributed by atoms with Crippen molar-refractivity contribution in [3.63, 3.8) is 0 Å². The van der Waals surface area contributed by atoms with Crippen LogP contribution in [0.2, 0.25) is 0 Å². The average molecular weight is 353 g/mol. The molecule has 1 atom stereocenters. The van der Waals surface area contributed by atoms with Crippen LogP contribution in [0.1, 0.15) is 12.5 Å². The summed E-state index contributed by atoms with van der Waals surface area (Å²) >= 11 is 0. The maximum Gasteiger partial charge on any atom is 0.241 e. The molecule has 0 aliphatic rings. The van der Waals surface area contributed by atoms with Crippen molar-refractivity contribution in [1.82, 2.24) is 4.72 Å². The number of aryl methyl sites for hydroxylation is 1. The van der Waals surface area contributed by atoms with Gasteiger partial charge in [0.1, 0.15) is 23.9 Å². The van der Waals surface area contributed by atoms with E-state index in [4.69, 9.17) is 9.47 Å². The molecule has 1 N–H and O–H groups in total. The van der Waals surface area contributed by atoms with Crippen LogP contribution in [-0.2, 0) is 10.0 Å². The number of rotatable bonds is 7. The zero-order valence-corrected chi connectivity index (χ0v) is 14.6. The van der Waals surface area contributed by atoms with Crippen molar-refractivity contribution < 1.29 is 22.3 Å². The number of hydrogen-bond donors (Lipinski definition) is 1. The Labute approximate surface area is 141 Å². The maximum absolute atomic E-state index is 13.1. The molecule has 0 fully saturated rings. The van der Waals surface area contributed by atoms with Crippen molar-refractivity contribution in [1.29, 1.82) is 0 Å². The van der Waals surface area contributed by atoms with Gasteiger partial charge in [0.25, 0.3) is 0 Å². The van der Waals surface area contributed by atoms with Gasteiger partial charge in [-0.25, -0.2) is 17.5 Å². The fourth-order valence-corrected chi connectivity index (χ4v) is 3.62. The van der Waals surface area contributed by atoms with Gasteiger partial charge in [-0.2, -0.15) is 0 Å². The molecule has 2 aromatic rings. The third kappa shape index (κ3) is 4.69. The summed E-state index contributed by atoms with van der Waals surface area (Å²) in [6, 6.07) is 10.1. The zero-order valence-electron chi connectivity index (χ0n) is 13.7. The lowest BCUT2D eigenvalue weighted by atomic mass is 10.2. The molecule has 0 saturated heterocycles. The van der Waals surface area contributed by atoms with Gasteiger partial charge in [0.15, 0.2) is 0 Å². The van der Waals surface area contributed by atoms with Crippen LogP contribution in [0.4, 0.5) is 4.39 Å². The monoisotopic (exact) mass is 353 g/mol. The molecule has 0 radical (unpaired) electrons. The van der Waals surface area contributed by atoms with Crippen molar-refractivity contribution in [3.8, 4) is 11.5 Å². The minimum atomic E-state index is -3.74. The highest BCUT2D eigenvalue weighted by Crippen LogP contribution is 2.18. The van der Waals surface area contributed by atoms with Crippen LogP contribution in [0.3, 0.4) is 0 Å². The molecule has 0 aliphatic heterocycles. The molecule has 0 spiro atoms. The van der Waals surface area contributed by atoms with E-state index >= 15 is 0 Å². The van der Waals surface area contributed by atoms with Gasteiger partial charge in [0.05, 0.1) is 18.0 Å². The number of methoxy groups -OCH3 is 1. The molecule has 2 rings (SSSR count). The Morgan fingerprint density at radius 1 is 1.12 bits per heavy atom. The predicted molar refractivity (Wildman–Crippen MR) is 89.4 cm³/mol. The van der Waals surface area contributed by atoms with E-state index in [1.807, 2.05) is 0 Å². The normalized spacial score (nSPS) is 12.7. The first-order valence-corrected chi connectivity index (χ1v) is 8.85. The van der Waals surface area contributed by atoms with Gasteiger partial charge in [0, 0.05) is 0 Å². The third-order valence-electron chi connectivity index (χ3n) is 3.34. The summed E-state index contributed by atoms with van der Waals surface area (Å²) in [5, 5.41) is 0. The summed E-state index contributed by atoms with van der Waals surface area (Å²) in [7, 11) is -2.17. The van der Waals surface area contributed by atoms with E-state index in [1.165, 1.54) is 12.1 Å². The van der Waals surface area contributed by atoms with Crippen molar-refractivity contribution in [2.45, 2.75) is 24.8 Å². The average Bonchev–Trinajstić information content (AvgIpc) is 2.52. The Balaban J connectivity index is 1.98. The second-order valence-electron chi connectivity index (χ2n) is 5.42. The molecule has 0 heterocycles. The highest BCUT2D eigenvalue weighted by atomic mass is 32.2. The van der Waals surface area contributed by atoms with Crippen molar-refractivity contribution in [2.75, 3.05) is 13.7 Å². The number of benzene rings is 2. The Hall–Kier alpha value is -2.12. The van der Waals surface area contributed by atoms with E-state index in [-0.39, 0.29) is 11.5 Å². The minimum Gasteiger partial charge on any atom is -0.497 e. The summed E-state index contributed by atoms with van der Waals surface area (Å²) in [6.45, 7) is 3.40. The Bertz CT molecular complexity index is 791. The van der Waals surface area contributed by atoms with Crippen LogP contribution < -0.4 is 14.2 Å². The molecular formula is C17H20FNO4S. The smallest absolute Gasteiger partial charge is 0.241 e. The van der Waals surface area contributed by atoms with Crippen molar-refractivity contribution in [2.24, 2.45) is 0 Å². The molecule has 0 amide bonds. The Morgan fingerprint density at radius 3 is 2.33 bits per heavy atom. The second-order valence-corrected chi connectivity index (χ2v) is 7.10. The van der Waals surface area contributed by atoms with E-state index in [9.17, 15) is 12.8 Å². The Morgan fingerprint density at radius 2 is 1.75 bits per heavy atom. The van der Waals surface area contributed by atoms with Crippen LogP contribution in [0.5, 0.6) is 11.5 Å². The van der Waals surface area contributed by atoms with E-state index in [2.05, 4.69) is 4.72 Å². The molecule has 0 aromatic heterocycles. The van der Waals surface area contributed by atoms with E-state index in [1.54, 1.807) is 45.2 Å². The molecular weight excluding hydrogens is 333 g/mol. The fraction of sp³-hybridized carbons (Fsp3) is 0.294. The first-order chi connectivity index (χ1) is 11.3. The SMILES string of the molecule is COc1ccc(OCC(C)NS(=O)(=O)c2ccc(F)cc2C)cc1. The minimum absolute atomic E-state index is 0.0557. The molecule has 0 bridgehead atoms. The summed E-state index contributed by atoms with van der Waals surface area (Å²) in [5.74, 6) is 0.852. The lowest BCUT2D eigenvalue weighted by molar-refractivity contribution is 0.287. The first kappa shape index (κ1) is 18.2. The van der Waals surface area contributed by atoms with Crippen LogP contribution in [-0.4, -0.2) is 28.2 Å². The van der Waals surface area contributed by atoms with E-state index < -0.39 is 21.9 Å². The molecule has 24 heavy (non-hydrogen) atoms. The molecule has 0 aliphatic carbocycles. The van der Waals surface area contributed by atoms with Gasteiger partial charge in [-0.3, -0.25) is 0 Å². The third-order valence-corrected chi connectivity index (χ3v) is 5.09. The van der Waals surface area contributed by atoms with Crippen molar-refractivity contribution in [3.05, 3.63) is 53.8 Å². The topological polar surface area (TPSA) is 64.6 Å². The van der Waals surface area contributed by atoms with Crippen LogP contribution >= 0.6 is 0 Å². The van der Waals surface area contributed by atoms with Crippen LogP contribution in [0.15, 0.2) is 47.4 Å². The van der Waals surface area contributed by atoms with Gasteiger partial charge in [-0.15, -0.1) is 0 Å². The lowest BCUT2D eigenvalue weighted by Gasteiger charge is -2.16. The van der Waals surface area contributed by atoms with Crippen LogP contribution in [0.25, 0.3) is 0 Å². The summed E-state index contributed by atoms with van der Waals surface area (Å²) in [6.07, 6.45) is 0.